The molecule has 182 valence electrons. The molecule has 0 saturated carbocycles. The minimum Gasteiger partial charge on any atom is -0.376 e. The second-order valence-corrected chi connectivity index (χ2v) is 11.5. The molecule has 0 aliphatic carbocycles. The van der Waals surface area contributed by atoms with Crippen molar-refractivity contribution in [1.29, 1.82) is 0 Å². The molecule has 36 heavy (non-hydrogen) atoms. The number of benzene rings is 4. The number of likely N-dealkylation sites (N-methyl/N-ethyl adjacent to an activating group) is 1. The molecule has 0 fully saturated rings. The first kappa shape index (κ1) is 23.7. The fourth-order valence-corrected chi connectivity index (χ4v) is 6.35. The Labute approximate surface area is 207 Å². The molecule has 1 aliphatic rings. The fraction of sp³-hybridized carbons (Fsp3) is 0.0385. The van der Waals surface area contributed by atoms with Crippen molar-refractivity contribution in [1.82, 2.24) is 4.31 Å². The van der Waals surface area contributed by atoms with Crippen LogP contribution in [0.2, 0.25) is 0 Å². The maximum Gasteiger partial charge on any atom is 0.339 e. The molecular formula is C26H18FNO6S2. The number of fused-ring (bicyclic) bond motifs is 2. The van der Waals surface area contributed by atoms with Crippen LogP contribution in [0.25, 0.3) is 16.5 Å². The van der Waals surface area contributed by atoms with Crippen LogP contribution in [0.4, 0.5) is 4.39 Å². The average Bonchev–Trinajstić information content (AvgIpc) is 2.87. The van der Waals surface area contributed by atoms with E-state index >= 15 is 0 Å². The van der Waals surface area contributed by atoms with Gasteiger partial charge < -0.3 is 4.18 Å². The molecule has 0 atom stereocenters. The summed E-state index contributed by atoms with van der Waals surface area (Å²) in [5.74, 6) is -2.13. The molecule has 10 heteroatoms. The average molecular weight is 524 g/mol. The van der Waals surface area contributed by atoms with Crippen molar-refractivity contribution in [3.05, 3.63) is 114 Å². The summed E-state index contributed by atoms with van der Waals surface area (Å²) in [6.45, 7) is 0. The monoisotopic (exact) mass is 523 g/mol. The molecule has 1 aliphatic heterocycles. The minimum atomic E-state index is -4.48. The lowest BCUT2D eigenvalue weighted by molar-refractivity contribution is 0.101. The van der Waals surface area contributed by atoms with Crippen molar-refractivity contribution >= 4 is 42.5 Å². The molecule has 0 radical (unpaired) electrons. The number of rotatable bonds is 5. The summed E-state index contributed by atoms with van der Waals surface area (Å²) in [6.07, 6.45) is 0. The van der Waals surface area contributed by atoms with Crippen LogP contribution in [-0.4, -0.2) is 34.0 Å². The van der Waals surface area contributed by atoms with Gasteiger partial charge in [0, 0.05) is 18.2 Å². The highest BCUT2D eigenvalue weighted by atomic mass is 32.2. The predicted molar refractivity (Wildman–Crippen MR) is 131 cm³/mol. The highest BCUT2D eigenvalue weighted by Gasteiger charge is 2.41. The summed E-state index contributed by atoms with van der Waals surface area (Å²) in [7, 11) is -7.79. The summed E-state index contributed by atoms with van der Waals surface area (Å²) in [5.41, 5.74) is -0.628. The predicted octanol–water partition coefficient (Wildman–Crippen LogP) is 4.57. The molecule has 0 saturated heterocycles. The number of nitrogens with zero attached hydrogens (tertiary/aromatic N) is 1. The largest absolute Gasteiger partial charge is 0.376 e. The Kier molecular flexibility index (Phi) is 5.65. The molecule has 4 aromatic carbocycles. The van der Waals surface area contributed by atoms with E-state index in [9.17, 15) is 26.0 Å². The SMILES string of the molecule is CN1C(C(=O)c2ccc3ccccc3c2)=C(OS(=O)(=O)c2ccccc2)c2ccc(F)cc2S1(=O)=O. The third kappa shape index (κ3) is 3.94. The second-order valence-electron chi connectivity index (χ2n) is 8.03. The van der Waals surface area contributed by atoms with Crippen LogP contribution < -0.4 is 0 Å². The van der Waals surface area contributed by atoms with E-state index in [1.165, 1.54) is 30.3 Å². The quantitative estimate of drug-likeness (QED) is 0.281. The van der Waals surface area contributed by atoms with Gasteiger partial charge in [-0.15, -0.1) is 0 Å². The molecule has 0 spiro atoms. The number of allylic oxidation sites excluding steroid dienone is 1. The van der Waals surface area contributed by atoms with Crippen LogP contribution in [-0.2, 0) is 24.3 Å². The standard InChI is InChI=1S/C26H18FNO6S2/c1-28-24(25(29)19-12-11-17-7-5-6-8-18(17)15-19)26(34-36(32,33)21-9-3-2-4-10-21)22-14-13-20(27)16-23(22)35(28,30)31/h2-16H,1H3. The first-order valence-electron chi connectivity index (χ1n) is 10.7. The lowest BCUT2D eigenvalue weighted by Crippen LogP contribution is -2.36. The molecule has 0 bridgehead atoms. The van der Waals surface area contributed by atoms with Crippen LogP contribution >= 0.6 is 0 Å². The summed E-state index contributed by atoms with van der Waals surface area (Å²) in [4.78, 5) is 13.0. The number of carbonyl (C=O) groups excluding carboxylic acids is 1. The lowest BCUT2D eigenvalue weighted by atomic mass is 10.0. The first-order chi connectivity index (χ1) is 17.1. The Hall–Kier alpha value is -4.02. The van der Waals surface area contributed by atoms with E-state index in [1.54, 1.807) is 30.3 Å². The highest BCUT2D eigenvalue weighted by molar-refractivity contribution is 7.89. The van der Waals surface area contributed by atoms with Crippen molar-refractivity contribution in [2.75, 3.05) is 7.05 Å². The maximum atomic E-state index is 14.0. The van der Waals surface area contributed by atoms with Crippen molar-refractivity contribution in [3.63, 3.8) is 0 Å². The van der Waals surface area contributed by atoms with Gasteiger partial charge >= 0.3 is 10.1 Å². The van der Waals surface area contributed by atoms with Gasteiger partial charge in [-0.3, -0.25) is 9.10 Å². The Balaban J connectivity index is 1.76. The number of hydrogen-bond acceptors (Lipinski definition) is 6. The summed E-state index contributed by atoms with van der Waals surface area (Å²) in [5, 5.41) is 1.59. The van der Waals surface area contributed by atoms with E-state index in [0.29, 0.717) is 4.31 Å². The zero-order valence-electron chi connectivity index (χ0n) is 18.8. The van der Waals surface area contributed by atoms with Gasteiger partial charge in [0.25, 0.3) is 10.0 Å². The third-order valence-electron chi connectivity index (χ3n) is 5.81. The highest BCUT2D eigenvalue weighted by Crippen LogP contribution is 2.40. The molecule has 0 unspecified atom stereocenters. The van der Waals surface area contributed by atoms with Gasteiger partial charge in [-0.1, -0.05) is 54.6 Å². The summed E-state index contributed by atoms with van der Waals surface area (Å²) >= 11 is 0. The van der Waals surface area contributed by atoms with Gasteiger partial charge in [-0.2, -0.15) is 8.42 Å². The third-order valence-corrected chi connectivity index (χ3v) is 8.84. The Morgan fingerprint density at radius 2 is 1.53 bits per heavy atom. The van der Waals surface area contributed by atoms with Gasteiger partial charge in [0.1, 0.15) is 21.3 Å². The smallest absolute Gasteiger partial charge is 0.339 e. The molecule has 0 N–H and O–H groups in total. The van der Waals surface area contributed by atoms with E-state index < -0.39 is 48.1 Å². The van der Waals surface area contributed by atoms with Crippen LogP contribution in [0.3, 0.4) is 0 Å². The molecular weight excluding hydrogens is 505 g/mol. The van der Waals surface area contributed by atoms with Crippen LogP contribution in [0.5, 0.6) is 0 Å². The number of halogens is 1. The molecule has 1 heterocycles. The second kappa shape index (κ2) is 8.58. The Bertz CT molecular complexity index is 1780. The molecule has 0 aromatic heterocycles. The lowest BCUT2D eigenvalue weighted by Gasteiger charge is -2.30. The minimum absolute atomic E-state index is 0.120. The maximum absolute atomic E-state index is 14.0. The van der Waals surface area contributed by atoms with Gasteiger partial charge in [-0.05, 0) is 47.2 Å². The number of ketones is 1. The van der Waals surface area contributed by atoms with Crippen molar-refractivity contribution < 1.29 is 30.2 Å². The van der Waals surface area contributed by atoms with Gasteiger partial charge in [-0.25, -0.2) is 12.8 Å². The van der Waals surface area contributed by atoms with Crippen molar-refractivity contribution in [2.45, 2.75) is 9.79 Å². The molecule has 7 nitrogen and oxygen atoms in total. The number of Topliss-reactive ketones (excluding diaryl/α,β-unsaturated/α-hetero) is 1. The van der Waals surface area contributed by atoms with Gasteiger partial charge in [0.15, 0.2) is 5.76 Å². The van der Waals surface area contributed by atoms with E-state index in [0.717, 1.165) is 36.0 Å². The molecule has 4 aromatic rings. The number of sulfonamides is 1. The van der Waals surface area contributed by atoms with E-state index in [1.807, 2.05) is 12.1 Å². The van der Waals surface area contributed by atoms with Crippen LogP contribution in [0.15, 0.2) is 106 Å². The van der Waals surface area contributed by atoms with Gasteiger partial charge in [0.05, 0.1) is 0 Å². The topological polar surface area (TPSA) is 97.8 Å². The zero-order chi connectivity index (χ0) is 25.7. The first-order valence-corrected chi connectivity index (χ1v) is 13.5. The van der Waals surface area contributed by atoms with Crippen molar-refractivity contribution in [2.24, 2.45) is 0 Å². The van der Waals surface area contributed by atoms with E-state index in [-0.39, 0.29) is 16.0 Å². The van der Waals surface area contributed by atoms with Crippen LogP contribution in [0, 0.1) is 5.82 Å². The normalized spacial score (nSPS) is 15.0. The Morgan fingerprint density at radius 3 is 2.25 bits per heavy atom. The summed E-state index contributed by atoms with van der Waals surface area (Å²) in [6, 6.07) is 22.1. The van der Waals surface area contributed by atoms with Crippen LogP contribution in [0.1, 0.15) is 15.9 Å². The van der Waals surface area contributed by atoms with E-state index in [4.69, 9.17) is 4.18 Å². The molecule has 0 amide bonds. The van der Waals surface area contributed by atoms with Crippen molar-refractivity contribution in [3.8, 4) is 0 Å². The zero-order valence-corrected chi connectivity index (χ0v) is 20.4. The Morgan fingerprint density at radius 1 is 0.861 bits per heavy atom. The van der Waals surface area contributed by atoms with E-state index in [2.05, 4.69) is 0 Å². The summed E-state index contributed by atoms with van der Waals surface area (Å²) < 4.78 is 72.9. The fourth-order valence-electron chi connectivity index (χ4n) is 3.98. The van der Waals surface area contributed by atoms with Gasteiger partial charge in [0.2, 0.25) is 5.78 Å². The number of hydrogen-bond donors (Lipinski definition) is 0. The molecule has 5 rings (SSSR count). The number of carbonyl (C=O) groups is 1.